The number of hydrogen-bond acceptors (Lipinski definition) is 4. The molecular formula is C24H23N3O3S. The third-order valence-electron chi connectivity index (χ3n) is 4.57. The van der Waals surface area contributed by atoms with Gasteiger partial charge in [-0.2, -0.15) is 0 Å². The van der Waals surface area contributed by atoms with Gasteiger partial charge in [0.25, 0.3) is 5.91 Å². The Morgan fingerprint density at radius 1 is 0.871 bits per heavy atom. The molecular weight excluding hydrogens is 410 g/mol. The van der Waals surface area contributed by atoms with E-state index in [1.165, 1.54) is 0 Å². The van der Waals surface area contributed by atoms with Crippen LogP contribution in [0.2, 0.25) is 0 Å². The summed E-state index contributed by atoms with van der Waals surface area (Å²) in [7, 11) is 1.59. The normalized spacial score (nSPS) is 10.1. The zero-order valence-electron chi connectivity index (χ0n) is 17.3. The number of rotatable bonds is 6. The number of nitrogens with one attached hydrogen (secondary N) is 3. The highest BCUT2D eigenvalue weighted by Crippen LogP contribution is 2.16. The molecule has 0 aliphatic rings. The molecule has 31 heavy (non-hydrogen) atoms. The molecule has 158 valence electrons. The Bertz CT molecular complexity index is 1080. The molecule has 3 aromatic rings. The van der Waals surface area contributed by atoms with Crippen LogP contribution in [-0.4, -0.2) is 24.0 Å². The van der Waals surface area contributed by atoms with Gasteiger partial charge in [0.15, 0.2) is 5.11 Å². The van der Waals surface area contributed by atoms with E-state index in [0.717, 1.165) is 16.9 Å². The van der Waals surface area contributed by atoms with Crippen molar-refractivity contribution < 1.29 is 14.3 Å². The van der Waals surface area contributed by atoms with Gasteiger partial charge in [0.05, 0.1) is 13.5 Å². The number of anilines is 2. The fraction of sp³-hybridized carbons (Fsp3) is 0.125. The summed E-state index contributed by atoms with van der Waals surface area (Å²) in [5.41, 5.74) is 3.76. The number of ether oxygens (including phenoxy) is 1. The number of thiocarbonyl (C=S) groups is 1. The molecule has 0 aromatic heterocycles. The van der Waals surface area contributed by atoms with Crippen LogP contribution in [0.15, 0.2) is 72.8 Å². The molecule has 0 spiro atoms. The zero-order valence-corrected chi connectivity index (χ0v) is 18.1. The summed E-state index contributed by atoms with van der Waals surface area (Å²) >= 11 is 5.22. The average Bonchev–Trinajstić information content (AvgIpc) is 2.75. The highest BCUT2D eigenvalue weighted by molar-refractivity contribution is 7.80. The van der Waals surface area contributed by atoms with E-state index in [9.17, 15) is 9.59 Å². The Balaban J connectivity index is 1.50. The van der Waals surface area contributed by atoms with Crippen molar-refractivity contribution in [3.8, 4) is 5.75 Å². The number of hydrogen-bond donors (Lipinski definition) is 3. The van der Waals surface area contributed by atoms with Crippen LogP contribution in [0.1, 0.15) is 21.5 Å². The third-order valence-corrected chi connectivity index (χ3v) is 4.77. The predicted octanol–water partition coefficient (Wildman–Crippen LogP) is 4.31. The van der Waals surface area contributed by atoms with Crippen molar-refractivity contribution >= 4 is 40.5 Å². The molecule has 0 heterocycles. The van der Waals surface area contributed by atoms with Gasteiger partial charge in [-0.3, -0.25) is 9.59 Å². The van der Waals surface area contributed by atoms with E-state index >= 15 is 0 Å². The molecule has 3 N–H and O–H groups in total. The first kappa shape index (κ1) is 22.0. The van der Waals surface area contributed by atoms with Crippen LogP contribution in [0.5, 0.6) is 5.75 Å². The fourth-order valence-electron chi connectivity index (χ4n) is 2.92. The van der Waals surface area contributed by atoms with Crippen LogP contribution < -0.4 is 20.7 Å². The first-order chi connectivity index (χ1) is 14.9. The minimum Gasteiger partial charge on any atom is -0.497 e. The molecule has 6 nitrogen and oxygen atoms in total. The van der Waals surface area contributed by atoms with Crippen molar-refractivity contribution in [2.45, 2.75) is 13.3 Å². The maximum Gasteiger partial charge on any atom is 0.255 e. The maximum atomic E-state index is 12.4. The molecule has 3 rings (SSSR count). The fourth-order valence-corrected chi connectivity index (χ4v) is 3.16. The SMILES string of the molecule is COc1ccc(CC(=O)NC(=S)Nc2ccc(NC(=O)c3ccccc3C)cc2)cc1. The van der Waals surface area contributed by atoms with Crippen LogP contribution in [-0.2, 0) is 11.2 Å². The highest BCUT2D eigenvalue weighted by atomic mass is 32.1. The Kier molecular flexibility index (Phi) is 7.35. The molecule has 0 aliphatic carbocycles. The Morgan fingerprint density at radius 2 is 1.48 bits per heavy atom. The van der Waals surface area contributed by atoms with Gasteiger partial charge >= 0.3 is 0 Å². The summed E-state index contributed by atoms with van der Waals surface area (Å²) in [6, 6.07) is 21.8. The van der Waals surface area contributed by atoms with Crippen molar-refractivity contribution in [2.75, 3.05) is 17.7 Å². The predicted molar refractivity (Wildman–Crippen MR) is 127 cm³/mol. The largest absolute Gasteiger partial charge is 0.497 e. The van der Waals surface area contributed by atoms with Crippen LogP contribution in [0.3, 0.4) is 0 Å². The van der Waals surface area contributed by atoms with Gasteiger partial charge in [0.1, 0.15) is 5.75 Å². The first-order valence-corrected chi connectivity index (χ1v) is 10.1. The number of aryl methyl sites for hydroxylation is 1. The van der Waals surface area contributed by atoms with Crippen molar-refractivity contribution in [2.24, 2.45) is 0 Å². The Hall–Kier alpha value is -3.71. The second kappa shape index (κ2) is 10.4. The Labute approximate surface area is 186 Å². The number of carbonyl (C=O) groups is 2. The number of amides is 2. The number of benzene rings is 3. The van der Waals surface area contributed by atoms with Gasteiger partial charge in [-0.05, 0) is 72.7 Å². The average molecular weight is 434 g/mol. The van der Waals surface area contributed by atoms with E-state index in [2.05, 4.69) is 16.0 Å². The summed E-state index contributed by atoms with van der Waals surface area (Å²) in [5.74, 6) is 0.352. The number of methoxy groups -OCH3 is 1. The first-order valence-electron chi connectivity index (χ1n) is 9.65. The summed E-state index contributed by atoms with van der Waals surface area (Å²) in [5, 5.41) is 8.70. The van der Waals surface area contributed by atoms with Crippen LogP contribution in [0, 0.1) is 6.92 Å². The van der Waals surface area contributed by atoms with Crippen molar-refractivity contribution in [3.63, 3.8) is 0 Å². The Morgan fingerprint density at radius 3 is 2.10 bits per heavy atom. The summed E-state index contributed by atoms with van der Waals surface area (Å²) < 4.78 is 5.11. The molecule has 7 heteroatoms. The quantitative estimate of drug-likeness (QED) is 0.505. The molecule has 0 saturated carbocycles. The lowest BCUT2D eigenvalue weighted by Crippen LogP contribution is -2.35. The van der Waals surface area contributed by atoms with E-state index in [1.807, 2.05) is 37.3 Å². The van der Waals surface area contributed by atoms with E-state index < -0.39 is 0 Å². The lowest BCUT2D eigenvalue weighted by Gasteiger charge is -2.11. The van der Waals surface area contributed by atoms with E-state index in [1.54, 1.807) is 49.6 Å². The zero-order chi connectivity index (χ0) is 22.2. The number of carbonyl (C=O) groups excluding carboxylic acids is 2. The van der Waals surface area contributed by atoms with Crippen LogP contribution in [0.25, 0.3) is 0 Å². The summed E-state index contributed by atoms with van der Waals surface area (Å²) in [6.07, 6.45) is 0.204. The highest BCUT2D eigenvalue weighted by Gasteiger charge is 2.09. The minimum absolute atomic E-state index is 0.167. The van der Waals surface area contributed by atoms with Gasteiger partial charge in [-0.15, -0.1) is 0 Å². The molecule has 2 amide bonds. The van der Waals surface area contributed by atoms with Crippen LogP contribution >= 0.6 is 12.2 Å². The molecule has 0 aliphatic heterocycles. The van der Waals surface area contributed by atoms with Gasteiger partial charge in [0, 0.05) is 16.9 Å². The van der Waals surface area contributed by atoms with Crippen LogP contribution in [0.4, 0.5) is 11.4 Å². The van der Waals surface area contributed by atoms with Crippen molar-refractivity contribution in [1.82, 2.24) is 5.32 Å². The van der Waals surface area contributed by atoms with Crippen molar-refractivity contribution in [1.29, 1.82) is 0 Å². The van der Waals surface area contributed by atoms with Gasteiger partial charge in [-0.1, -0.05) is 30.3 Å². The molecule has 3 aromatic carbocycles. The smallest absolute Gasteiger partial charge is 0.255 e. The van der Waals surface area contributed by atoms with E-state index in [4.69, 9.17) is 17.0 Å². The summed E-state index contributed by atoms with van der Waals surface area (Å²) in [6.45, 7) is 1.89. The lowest BCUT2D eigenvalue weighted by molar-refractivity contribution is -0.119. The standard InChI is InChI=1S/C24H23N3O3S/c1-16-5-3-4-6-21(16)23(29)25-18-9-11-19(12-10-18)26-24(31)27-22(28)15-17-7-13-20(30-2)14-8-17/h3-14H,15H2,1-2H3,(H,25,29)(H2,26,27,28,31). The second-order valence-corrected chi connectivity index (χ2v) is 7.28. The third kappa shape index (κ3) is 6.38. The lowest BCUT2D eigenvalue weighted by atomic mass is 10.1. The van der Waals surface area contributed by atoms with Gasteiger partial charge in [-0.25, -0.2) is 0 Å². The topological polar surface area (TPSA) is 79.5 Å². The van der Waals surface area contributed by atoms with Crippen molar-refractivity contribution in [3.05, 3.63) is 89.5 Å². The molecule has 0 fully saturated rings. The summed E-state index contributed by atoms with van der Waals surface area (Å²) in [4.78, 5) is 24.6. The molecule has 0 saturated heterocycles. The molecule has 0 bridgehead atoms. The second-order valence-electron chi connectivity index (χ2n) is 6.87. The monoisotopic (exact) mass is 433 g/mol. The van der Waals surface area contributed by atoms with Gasteiger partial charge in [0.2, 0.25) is 5.91 Å². The van der Waals surface area contributed by atoms with Gasteiger partial charge < -0.3 is 20.7 Å². The molecule has 0 radical (unpaired) electrons. The maximum absolute atomic E-state index is 12.4. The van der Waals surface area contributed by atoms with E-state index in [0.29, 0.717) is 16.9 Å². The molecule has 0 atom stereocenters. The van der Waals surface area contributed by atoms with E-state index in [-0.39, 0.29) is 23.3 Å². The minimum atomic E-state index is -0.218. The molecule has 0 unspecified atom stereocenters.